The number of aliphatic carboxylic acids is 1. The molecule has 2 aromatic heterocycles. The Morgan fingerprint density at radius 1 is 1.02 bits per heavy atom. The fourth-order valence-corrected chi connectivity index (χ4v) is 9.99. The van der Waals surface area contributed by atoms with Crippen LogP contribution in [0.2, 0.25) is 0 Å². The second-order valence-electron chi connectivity index (χ2n) is 19.1. The van der Waals surface area contributed by atoms with Crippen molar-refractivity contribution in [1.82, 2.24) is 35.7 Å². The van der Waals surface area contributed by atoms with Gasteiger partial charge in [0.2, 0.25) is 17.7 Å². The summed E-state index contributed by atoms with van der Waals surface area (Å²) in [5.74, 6) is -1.13. The molecule has 16 nitrogen and oxygen atoms in total. The van der Waals surface area contributed by atoms with Gasteiger partial charge in [-0.15, -0.1) is 11.3 Å². The molecule has 7 rings (SSSR count). The molecule has 1 aliphatic carbocycles. The van der Waals surface area contributed by atoms with E-state index in [4.69, 9.17) is 19.4 Å². The van der Waals surface area contributed by atoms with Gasteiger partial charge in [-0.3, -0.25) is 14.4 Å². The summed E-state index contributed by atoms with van der Waals surface area (Å²) in [4.78, 5) is 81.8. The number of methoxy groups -OCH3 is 1. The zero-order valence-electron chi connectivity index (χ0n) is 37.5. The maximum Gasteiger partial charge on any atom is 0.329 e. The van der Waals surface area contributed by atoms with Crippen LogP contribution in [0, 0.1) is 11.3 Å². The van der Waals surface area contributed by atoms with Crippen LogP contribution in [0.15, 0.2) is 29.6 Å². The molecule has 5 amide bonds. The van der Waals surface area contributed by atoms with Crippen molar-refractivity contribution in [2.45, 2.75) is 147 Å². The quantitative estimate of drug-likeness (QED) is 0.144. The third-order valence-corrected chi connectivity index (χ3v) is 13.7. The van der Waals surface area contributed by atoms with Crippen LogP contribution < -0.4 is 30.7 Å². The number of fused-ring (bicyclic) bond motifs is 3. The lowest BCUT2D eigenvalue weighted by Gasteiger charge is -2.37. The fourth-order valence-electron chi connectivity index (χ4n) is 9.14. The molecule has 0 spiro atoms. The zero-order chi connectivity index (χ0) is 45.1. The molecule has 3 saturated heterocycles. The first-order valence-corrected chi connectivity index (χ1v) is 23.5. The Kier molecular flexibility index (Phi) is 14.0. The minimum absolute atomic E-state index is 0.0103. The second kappa shape index (κ2) is 19.3. The molecule has 2 unspecified atom stereocenters. The number of benzene rings is 1. The van der Waals surface area contributed by atoms with Crippen LogP contribution >= 0.6 is 11.3 Å². The molecule has 4 aliphatic rings. The number of carboxylic acid groups (broad SMARTS) is 1. The molecule has 1 saturated carbocycles. The number of carbonyl (C=O) groups excluding carboxylic acids is 4. The minimum Gasteiger partial charge on any atom is -0.497 e. The number of piperidine rings is 1. The average molecular weight is 889 g/mol. The topological polar surface area (TPSA) is 204 Å². The molecule has 3 aliphatic heterocycles. The van der Waals surface area contributed by atoms with E-state index in [1.54, 1.807) is 12.0 Å². The van der Waals surface area contributed by atoms with Gasteiger partial charge < -0.3 is 45.6 Å². The number of nitrogens with one attached hydrogen (secondary N) is 4. The summed E-state index contributed by atoms with van der Waals surface area (Å²) in [7, 11) is 1.58. The normalized spacial score (nSPS) is 25.3. The number of aromatic nitrogens is 2. The summed E-state index contributed by atoms with van der Waals surface area (Å²) in [5.41, 5.74) is 0.0160. The van der Waals surface area contributed by atoms with Crippen molar-refractivity contribution >= 4 is 57.1 Å². The highest BCUT2D eigenvalue weighted by Gasteiger charge is 2.62. The van der Waals surface area contributed by atoms with Crippen molar-refractivity contribution in [2.75, 3.05) is 32.1 Å². The van der Waals surface area contributed by atoms with E-state index in [0.717, 1.165) is 43.7 Å². The predicted molar refractivity (Wildman–Crippen MR) is 241 cm³/mol. The number of pyridine rings is 1. The number of anilines is 1. The molecule has 342 valence electrons. The number of urea groups is 1. The van der Waals surface area contributed by atoms with Gasteiger partial charge in [-0.05, 0) is 69.4 Å². The van der Waals surface area contributed by atoms with E-state index in [2.05, 4.69) is 21.3 Å². The van der Waals surface area contributed by atoms with Crippen molar-refractivity contribution in [3.63, 3.8) is 0 Å². The number of carboxylic acids is 1. The lowest BCUT2D eigenvalue weighted by atomic mass is 9.86. The van der Waals surface area contributed by atoms with Crippen LogP contribution in [-0.4, -0.2) is 117 Å². The number of hydrogen-bond acceptors (Lipinski definition) is 11. The Bertz CT molecular complexity index is 2170. The molecular weight excluding hydrogens is 825 g/mol. The fraction of sp³-hybridized carbons (Fsp3) is 0.630. The monoisotopic (exact) mass is 888 g/mol. The number of thiazole rings is 1. The van der Waals surface area contributed by atoms with E-state index in [1.165, 1.54) is 16.2 Å². The smallest absolute Gasteiger partial charge is 0.329 e. The number of nitrogens with zero attached hydrogens (tertiary/aromatic N) is 4. The maximum absolute atomic E-state index is 14.9. The number of rotatable bonds is 11. The van der Waals surface area contributed by atoms with Gasteiger partial charge in [0, 0.05) is 54.9 Å². The summed E-state index contributed by atoms with van der Waals surface area (Å²) in [6.07, 6.45) is 7.13. The predicted octanol–water partition coefficient (Wildman–Crippen LogP) is 6.33. The summed E-state index contributed by atoms with van der Waals surface area (Å²) < 4.78 is 12.3. The Morgan fingerprint density at radius 3 is 2.49 bits per heavy atom. The van der Waals surface area contributed by atoms with Gasteiger partial charge >= 0.3 is 12.0 Å². The molecule has 3 aromatic rings. The average Bonchev–Trinajstić information content (AvgIpc) is 3.49. The lowest BCUT2D eigenvalue weighted by molar-refractivity contribution is -0.145. The van der Waals surface area contributed by atoms with Crippen molar-refractivity contribution in [3.8, 4) is 22.9 Å². The van der Waals surface area contributed by atoms with Gasteiger partial charge in [0.25, 0.3) is 0 Å². The zero-order valence-corrected chi connectivity index (χ0v) is 38.3. The van der Waals surface area contributed by atoms with Gasteiger partial charge in [0.05, 0.1) is 30.9 Å². The molecule has 17 heteroatoms. The number of ether oxygens (including phenoxy) is 2. The van der Waals surface area contributed by atoms with Crippen LogP contribution in [0.1, 0.15) is 112 Å². The third-order valence-electron chi connectivity index (χ3n) is 13.0. The van der Waals surface area contributed by atoms with Crippen molar-refractivity contribution < 1.29 is 38.6 Å². The molecule has 5 heterocycles. The van der Waals surface area contributed by atoms with Gasteiger partial charge in [-0.25, -0.2) is 19.6 Å². The molecule has 5 N–H and O–H groups in total. The highest BCUT2D eigenvalue weighted by Crippen LogP contribution is 2.48. The number of likely N-dealkylation sites (tertiary alicyclic amines) is 1. The van der Waals surface area contributed by atoms with Gasteiger partial charge in [0.15, 0.2) is 5.13 Å². The third kappa shape index (κ3) is 10.8. The number of carbonyl (C=O) groups is 5. The first-order chi connectivity index (χ1) is 30.0. The highest BCUT2D eigenvalue weighted by atomic mass is 32.1. The number of hydrogen-bond donors (Lipinski definition) is 5. The molecular formula is C46H64N8O8S. The second-order valence-corrected chi connectivity index (χ2v) is 20.0. The number of amides is 5. The van der Waals surface area contributed by atoms with Crippen molar-refractivity contribution in [1.29, 1.82) is 0 Å². The van der Waals surface area contributed by atoms with Gasteiger partial charge in [-0.2, -0.15) is 0 Å². The van der Waals surface area contributed by atoms with Gasteiger partial charge in [-0.1, -0.05) is 52.9 Å². The summed E-state index contributed by atoms with van der Waals surface area (Å²) in [6, 6.07) is 4.49. The van der Waals surface area contributed by atoms with Crippen LogP contribution in [-0.2, 0) is 19.2 Å². The molecule has 0 radical (unpaired) electrons. The van der Waals surface area contributed by atoms with E-state index >= 15 is 0 Å². The molecule has 0 bridgehead atoms. The first kappa shape index (κ1) is 45.8. The Balaban J connectivity index is 1.18. The minimum atomic E-state index is -1.40. The Hall–Kier alpha value is -5.19. The van der Waals surface area contributed by atoms with E-state index in [-0.39, 0.29) is 30.8 Å². The Labute approximate surface area is 373 Å². The lowest BCUT2D eigenvalue weighted by Crippen LogP contribution is -2.59. The molecule has 6 atom stereocenters. The van der Waals surface area contributed by atoms with E-state index < -0.39 is 59.0 Å². The van der Waals surface area contributed by atoms with Crippen LogP contribution in [0.5, 0.6) is 11.5 Å². The first-order valence-electron chi connectivity index (χ1n) is 22.6. The SMILES string of the molecule is COc1ccc2c(O[C@@H]3C[C@H]4C(=O)N[C@]5(C(=O)O)CC5CCCCCCC[C@H](NC(=O)NC(CN5CCCCC5=O)C(C)(C)C)C(=O)N4C3)cc(-c3csc(NC(C)C)n3)nc2c1. The van der Waals surface area contributed by atoms with Gasteiger partial charge in [0.1, 0.15) is 40.9 Å². The molecule has 63 heavy (non-hydrogen) atoms. The van der Waals surface area contributed by atoms with Crippen molar-refractivity contribution in [2.24, 2.45) is 11.3 Å². The van der Waals surface area contributed by atoms with Crippen molar-refractivity contribution in [3.05, 3.63) is 29.6 Å². The molecule has 1 aromatic carbocycles. The van der Waals surface area contributed by atoms with Crippen LogP contribution in [0.4, 0.5) is 9.93 Å². The highest BCUT2D eigenvalue weighted by molar-refractivity contribution is 7.14. The summed E-state index contributed by atoms with van der Waals surface area (Å²) in [6.45, 7) is 11.1. The Morgan fingerprint density at radius 2 is 1.78 bits per heavy atom. The molecule has 4 fully saturated rings. The van der Waals surface area contributed by atoms with Crippen LogP contribution in [0.25, 0.3) is 22.3 Å². The largest absolute Gasteiger partial charge is 0.497 e. The van der Waals surface area contributed by atoms with E-state index in [1.807, 2.05) is 64.3 Å². The summed E-state index contributed by atoms with van der Waals surface area (Å²) >= 11 is 1.47. The standard InChI is InChI=1S/C46H64N8O8S/c1-27(2)47-44-50-35(26-63-44)34-22-37(31-18-17-29(61-6)20-33(31)48-34)62-30-21-36-40(56)52-46(42(58)59)23-28(46)14-10-8-7-9-11-15-32(41(57)54(36)24-30)49-43(60)51-38(45(3,4)5)25-53-19-13-12-16-39(53)55/h17-18,20,22,26-28,30,32,36,38H,7-16,19,21,23-25H2,1-6H3,(H,47,50)(H,52,56)(H,58,59)(H2,49,51,60)/t28?,30-,32+,36+,38?,46-/m1/s1. The maximum atomic E-state index is 14.9. The van der Waals surface area contributed by atoms with Crippen LogP contribution in [0.3, 0.4) is 0 Å². The van der Waals surface area contributed by atoms with E-state index in [0.29, 0.717) is 79.0 Å². The van der Waals surface area contributed by atoms with E-state index in [9.17, 15) is 29.1 Å². The summed E-state index contributed by atoms with van der Waals surface area (Å²) in [5, 5.41) is 26.1.